The zero-order valence-electron chi connectivity index (χ0n) is 11.7. The van der Waals surface area contributed by atoms with Crippen LogP contribution in [0.2, 0.25) is 5.02 Å². The maximum atomic E-state index is 6.01. The van der Waals surface area contributed by atoms with Crippen molar-refractivity contribution in [3.63, 3.8) is 0 Å². The fraction of sp³-hybridized carbons (Fsp3) is 0.250. The average molecular weight is 291 g/mol. The van der Waals surface area contributed by atoms with Crippen LogP contribution >= 0.6 is 11.6 Å². The lowest BCUT2D eigenvalue weighted by molar-refractivity contribution is 0.411. The molecule has 4 heteroatoms. The Hall–Kier alpha value is -1.55. The maximum Gasteiger partial charge on any atom is 0.121 e. The first-order valence-corrected chi connectivity index (χ1v) is 6.87. The van der Waals surface area contributed by atoms with Gasteiger partial charge in [-0.05, 0) is 48.2 Å². The summed E-state index contributed by atoms with van der Waals surface area (Å²) in [6, 6.07) is 14.0. The second-order valence-corrected chi connectivity index (χ2v) is 5.22. The van der Waals surface area contributed by atoms with Crippen LogP contribution in [-0.2, 0) is 6.42 Å². The van der Waals surface area contributed by atoms with E-state index in [1.54, 1.807) is 7.11 Å². The van der Waals surface area contributed by atoms with Gasteiger partial charge in [0.2, 0.25) is 0 Å². The lowest BCUT2D eigenvalue weighted by Gasteiger charge is -2.18. The van der Waals surface area contributed by atoms with Crippen LogP contribution in [0.3, 0.4) is 0 Å². The van der Waals surface area contributed by atoms with Crippen LogP contribution in [0.5, 0.6) is 5.75 Å². The van der Waals surface area contributed by atoms with Gasteiger partial charge in [0.05, 0.1) is 7.11 Å². The third-order valence-corrected chi connectivity index (χ3v) is 3.59. The van der Waals surface area contributed by atoms with Gasteiger partial charge >= 0.3 is 0 Å². The second kappa shape index (κ2) is 6.75. The van der Waals surface area contributed by atoms with Crippen LogP contribution in [0.15, 0.2) is 42.5 Å². The number of aryl methyl sites for hydroxylation is 1. The van der Waals surface area contributed by atoms with Gasteiger partial charge < -0.3 is 4.74 Å². The van der Waals surface area contributed by atoms with Gasteiger partial charge in [0, 0.05) is 11.1 Å². The topological polar surface area (TPSA) is 47.3 Å². The monoisotopic (exact) mass is 290 g/mol. The van der Waals surface area contributed by atoms with E-state index in [2.05, 4.69) is 11.5 Å². The molecule has 3 N–H and O–H groups in total. The molecule has 106 valence electrons. The maximum absolute atomic E-state index is 6.01. The molecule has 2 aromatic carbocycles. The summed E-state index contributed by atoms with van der Waals surface area (Å²) in [6.45, 7) is 2.02. The largest absolute Gasteiger partial charge is 0.496 e. The summed E-state index contributed by atoms with van der Waals surface area (Å²) in [5.74, 6) is 6.58. The molecule has 20 heavy (non-hydrogen) atoms. The number of nitrogens with two attached hydrogens (primary N) is 1. The Morgan fingerprint density at radius 3 is 2.65 bits per heavy atom. The molecular formula is C16H19ClN2O. The van der Waals surface area contributed by atoms with Crippen molar-refractivity contribution in [3.05, 3.63) is 64.2 Å². The van der Waals surface area contributed by atoms with Gasteiger partial charge in [0.15, 0.2) is 0 Å². The van der Waals surface area contributed by atoms with Crippen LogP contribution in [-0.4, -0.2) is 7.11 Å². The minimum Gasteiger partial charge on any atom is -0.496 e. The number of nitrogens with one attached hydrogen (secondary N) is 1. The summed E-state index contributed by atoms with van der Waals surface area (Å²) in [7, 11) is 1.67. The number of benzene rings is 2. The van der Waals surface area contributed by atoms with Crippen LogP contribution in [0, 0.1) is 6.92 Å². The van der Waals surface area contributed by atoms with Crippen LogP contribution in [0.25, 0.3) is 0 Å². The molecule has 0 bridgehead atoms. The van der Waals surface area contributed by atoms with Crippen LogP contribution in [0.4, 0.5) is 0 Å². The first-order valence-electron chi connectivity index (χ1n) is 6.49. The van der Waals surface area contributed by atoms with E-state index in [0.717, 1.165) is 33.9 Å². The van der Waals surface area contributed by atoms with Crippen LogP contribution in [0.1, 0.15) is 22.7 Å². The SMILES string of the molecule is COc1ccc(C(Cc2cccc(Cl)c2)NN)cc1C. The highest BCUT2D eigenvalue weighted by molar-refractivity contribution is 6.30. The molecule has 2 aromatic rings. The van der Waals surface area contributed by atoms with Crippen molar-refractivity contribution < 1.29 is 4.74 Å². The molecule has 0 heterocycles. The molecule has 1 unspecified atom stereocenters. The molecule has 0 saturated carbocycles. The van der Waals surface area contributed by atoms with E-state index in [1.165, 1.54) is 0 Å². The molecule has 0 aliphatic rings. The fourth-order valence-corrected chi connectivity index (χ4v) is 2.50. The van der Waals surface area contributed by atoms with E-state index in [4.69, 9.17) is 22.2 Å². The van der Waals surface area contributed by atoms with Gasteiger partial charge in [-0.2, -0.15) is 0 Å². The van der Waals surface area contributed by atoms with Crippen molar-refractivity contribution in [1.29, 1.82) is 0 Å². The quantitative estimate of drug-likeness (QED) is 0.655. The lowest BCUT2D eigenvalue weighted by Crippen LogP contribution is -2.29. The Bertz CT molecular complexity index is 586. The highest BCUT2D eigenvalue weighted by atomic mass is 35.5. The average Bonchev–Trinajstić information content (AvgIpc) is 2.44. The van der Waals surface area contributed by atoms with Crippen molar-refractivity contribution >= 4 is 11.6 Å². The molecule has 0 saturated heterocycles. The van der Waals surface area contributed by atoms with Gasteiger partial charge in [-0.1, -0.05) is 35.9 Å². The summed E-state index contributed by atoms with van der Waals surface area (Å²) in [4.78, 5) is 0. The van der Waals surface area contributed by atoms with Gasteiger partial charge in [0.1, 0.15) is 5.75 Å². The summed E-state index contributed by atoms with van der Waals surface area (Å²) in [5, 5.41) is 0.740. The van der Waals surface area contributed by atoms with Crippen molar-refractivity contribution in [3.8, 4) is 5.75 Å². The molecular weight excluding hydrogens is 272 g/mol. The number of halogens is 1. The molecule has 0 aliphatic carbocycles. The molecule has 0 aromatic heterocycles. The smallest absolute Gasteiger partial charge is 0.121 e. The molecule has 3 nitrogen and oxygen atoms in total. The van der Waals surface area contributed by atoms with E-state index in [1.807, 2.05) is 43.3 Å². The van der Waals surface area contributed by atoms with Gasteiger partial charge in [0.25, 0.3) is 0 Å². The van der Waals surface area contributed by atoms with Gasteiger partial charge in [-0.15, -0.1) is 0 Å². The summed E-state index contributed by atoms with van der Waals surface area (Å²) in [6.07, 6.45) is 0.781. The third kappa shape index (κ3) is 3.51. The minimum atomic E-state index is 0.0399. The predicted octanol–water partition coefficient (Wildman–Crippen LogP) is 3.40. The first-order chi connectivity index (χ1) is 9.63. The molecule has 0 amide bonds. The van der Waals surface area contributed by atoms with E-state index < -0.39 is 0 Å². The predicted molar refractivity (Wildman–Crippen MR) is 83.0 cm³/mol. The molecule has 0 aliphatic heterocycles. The lowest BCUT2D eigenvalue weighted by atomic mass is 9.98. The first kappa shape index (κ1) is 14.9. The Labute approximate surface area is 124 Å². The van der Waals surface area contributed by atoms with E-state index in [0.29, 0.717) is 0 Å². The summed E-state index contributed by atoms with van der Waals surface area (Å²) in [5.41, 5.74) is 6.24. The number of hydrogen-bond acceptors (Lipinski definition) is 3. The third-order valence-electron chi connectivity index (χ3n) is 3.35. The number of methoxy groups -OCH3 is 1. The van der Waals surface area contributed by atoms with Crippen molar-refractivity contribution in [1.82, 2.24) is 5.43 Å². The minimum absolute atomic E-state index is 0.0399. The standard InChI is InChI=1S/C16H19ClN2O/c1-11-8-13(6-7-16(11)20-2)15(19-18)10-12-4-3-5-14(17)9-12/h3-9,15,19H,10,18H2,1-2H3. The van der Waals surface area contributed by atoms with Crippen molar-refractivity contribution in [2.75, 3.05) is 7.11 Å². The molecule has 0 radical (unpaired) electrons. The van der Waals surface area contributed by atoms with E-state index in [-0.39, 0.29) is 6.04 Å². The Morgan fingerprint density at radius 2 is 2.05 bits per heavy atom. The fourth-order valence-electron chi connectivity index (χ4n) is 2.29. The van der Waals surface area contributed by atoms with E-state index >= 15 is 0 Å². The van der Waals surface area contributed by atoms with E-state index in [9.17, 15) is 0 Å². The molecule has 2 rings (SSSR count). The molecule has 0 fully saturated rings. The highest BCUT2D eigenvalue weighted by Gasteiger charge is 2.12. The Morgan fingerprint density at radius 1 is 1.25 bits per heavy atom. The van der Waals surface area contributed by atoms with Crippen molar-refractivity contribution in [2.45, 2.75) is 19.4 Å². The highest BCUT2D eigenvalue weighted by Crippen LogP contribution is 2.25. The summed E-state index contributed by atoms with van der Waals surface area (Å²) < 4.78 is 5.28. The Kier molecular flexibility index (Phi) is 5.01. The zero-order valence-corrected chi connectivity index (χ0v) is 12.4. The molecule has 1 atom stereocenters. The number of hydrogen-bond donors (Lipinski definition) is 2. The number of rotatable bonds is 5. The van der Waals surface area contributed by atoms with Gasteiger partial charge in [-0.3, -0.25) is 11.3 Å². The second-order valence-electron chi connectivity index (χ2n) is 4.78. The van der Waals surface area contributed by atoms with Gasteiger partial charge in [-0.25, -0.2) is 0 Å². The number of ether oxygens (including phenoxy) is 1. The normalized spacial score (nSPS) is 12.2. The number of hydrazine groups is 1. The van der Waals surface area contributed by atoms with Crippen molar-refractivity contribution in [2.24, 2.45) is 5.84 Å². The van der Waals surface area contributed by atoms with Crippen LogP contribution < -0.4 is 16.0 Å². The Balaban J connectivity index is 2.22. The summed E-state index contributed by atoms with van der Waals surface area (Å²) >= 11 is 6.01. The molecule has 0 spiro atoms. The zero-order chi connectivity index (χ0) is 14.5.